The Kier molecular flexibility index (Phi) is 3.87. The predicted molar refractivity (Wildman–Crippen MR) is 81.7 cm³/mol. The highest BCUT2D eigenvalue weighted by Crippen LogP contribution is 2.54. The van der Waals surface area contributed by atoms with Crippen LogP contribution in [0.25, 0.3) is 0 Å². The highest BCUT2D eigenvalue weighted by Gasteiger charge is 2.57. The molecule has 124 valence electrons. The zero-order chi connectivity index (χ0) is 15.9. The molecule has 23 heavy (non-hydrogen) atoms. The molecular formula is C18H22O5. The van der Waals surface area contributed by atoms with Crippen molar-refractivity contribution in [2.75, 3.05) is 19.8 Å². The van der Waals surface area contributed by atoms with Gasteiger partial charge in [-0.2, -0.15) is 0 Å². The summed E-state index contributed by atoms with van der Waals surface area (Å²) >= 11 is 0. The van der Waals surface area contributed by atoms with Gasteiger partial charge in [0.15, 0.2) is 5.79 Å². The fourth-order valence-electron chi connectivity index (χ4n) is 4.57. The van der Waals surface area contributed by atoms with Crippen molar-refractivity contribution >= 4 is 5.97 Å². The van der Waals surface area contributed by atoms with Crippen LogP contribution >= 0.6 is 0 Å². The summed E-state index contributed by atoms with van der Waals surface area (Å²) < 4.78 is 17.3. The Morgan fingerprint density at radius 1 is 1.22 bits per heavy atom. The summed E-state index contributed by atoms with van der Waals surface area (Å²) in [6.07, 6.45) is 2.19. The van der Waals surface area contributed by atoms with Crippen LogP contribution in [0.3, 0.4) is 0 Å². The van der Waals surface area contributed by atoms with Gasteiger partial charge < -0.3 is 19.3 Å². The molecule has 1 aromatic carbocycles. The van der Waals surface area contributed by atoms with Crippen molar-refractivity contribution < 1.29 is 24.1 Å². The summed E-state index contributed by atoms with van der Waals surface area (Å²) in [5, 5.41) is 9.83. The second kappa shape index (κ2) is 5.89. The fourth-order valence-corrected chi connectivity index (χ4v) is 4.57. The lowest BCUT2D eigenvalue weighted by Crippen LogP contribution is -2.33. The minimum atomic E-state index is -0.447. The number of hydrogen-bond donors (Lipinski definition) is 1. The van der Waals surface area contributed by atoms with Crippen LogP contribution in [-0.4, -0.2) is 42.8 Å². The fraction of sp³-hybridized carbons (Fsp3) is 0.611. The number of carbonyl (C=O) groups is 1. The van der Waals surface area contributed by atoms with Crippen LogP contribution in [0.2, 0.25) is 0 Å². The zero-order valence-corrected chi connectivity index (χ0v) is 13.0. The quantitative estimate of drug-likeness (QED) is 0.864. The van der Waals surface area contributed by atoms with Crippen LogP contribution in [0.5, 0.6) is 0 Å². The Bertz CT molecular complexity index is 566. The minimum absolute atomic E-state index is 0.0279. The van der Waals surface area contributed by atoms with Gasteiger partial charge in [0, 0.05) is 25.4 Å². The van der Waals surface area contributed by atoms with Gasteiger partial charge >= 0.3 is 5.97 Å². The lowest BCUT2D eigenvalue weighted by molar-refractivity contribution is -0.158. The number of rotatable bonds is 3. The number of ether oxygens (including phenoxy) is 3. The van der Waals surface area contributed by atoms with Crippen molar-refractivity contribution in [3.8, 4) is 0 Å². The summed E-state index contributed by atoms with van der Waals surface area (Å²) in [6.45, 7) is 1.33. The largest absolute Gasteiger partial charge is 0.458 e. The van der Waals surface area contributed by atoms with E-state index >= 15 is 0 Å². The second-order valence-corrected chi connectivity index (χ2v) is 6.83. The Balaban J connectivity index is 1.44. The Morgan fingerprint density at radius 2 is 1.96 bits per heavy atom. The molecule has 1 aromatic rings. The standard InChI is InChI=1S/C18H22O5/c19-11-15-14-10-18(21-6-7-22-18)9-13(14)8-16(15)23-17(20)12-4-2-1-3-5-12/h1-5,13-16,19H,6-11H2/t13-,14?,15-,16-/m0/s1. The summed E-state index contributed by atoms with van der Waals surface area (Å²) in [7, 11) is 0. The van der Waals surface area contributed by atoms with Crippen LogP contribution in [-0.2, 0) is 14.2 Å². The van der Waals surface area contributed by atoms with Crippen LogP contribution in [0, 0.1) is 17.8 Å². The molecule has 0 radical (unpaired) electrons. The maximum Gasteiger partial charge on any atom is 0.338 e. The van der Waals surface area contributed by atoms with Crippen LogP contribution < -0.4 is 0 Å². The monoisotopic (exact) mass is 318 g/mol. The van der Waals surface area contributed by atoms with Gasteiger partial charge in [0.1, 0.15) is 6.10 Å². The van der Waals surface area contributed by atoms with Gasteiger partial charge in [-0.3, -0.25) is 0 Å². The molecule has 4 atom stereocenters. The first-order valence-electron chi connectivity index (χ1n) is 8.35. The maximum absolute atomic E-state index is 12.3. The van der Waals surface area contributed by atoms with E-state index in [1.807, 2.05) is 18.2 Å². The number of carbonyl (C=O) groups excluding carboxylic acids is 1. The molecule has 0 bridgehead atoms. The molecule has 5 heteroatoms. The third kappa shape index (κ3) is 2.67. The van der Waals surface area contributed by atoms with Crippen molar-refractivity contribution in [2.45, 2.75) is 31.2 Å². The summed E-state index contributed by atoms with van der Waals surface area (Å²) in [5.74, 6) is -0.0978. The van der Waals surface area contributed by atoms with E-state index in [0.29, 0.717) is 30.6 Å². The van der Waals surface area contributed by atoms with Crippen LogP contribution in [0.1, 0.15) is 29.6 Å². The molecule has 2 aliphatic carbocycles. The van der Waals surface area contributed by atoms with Gasteiger partial charge in [0.2, 0.25) is 0 Å². The van der Waals surface area contributed by atoms with Crippen molar-refractivity contribution in [1.29, 1.82) is 0 Å². The van der Waals surface area contributed by atoms with Gasteiger partial charge in [-0.25, -0.2) is 4.79 Å². The maximum atomic E-state index is 12.3. The molecule has 1 heterocycles. The second-order valence-electron chi connectivity index (χ2n) is 6.83. The summed E-state index contributed by atoms with van der Waals surface area (Å²) in [4.78, 5) is 12.3. The molecule has 0 amide bonds. The number of aliphatic hydroxyl groups excluding tert-OH is 1. The first-order chi connectivity index (χ1) is 11.2. The van der Waals surface area contributed by atoms with E-state index in [1.54, 1.807) is 12.1 Å². The lowest BCUT2D eigenvalue weighted by Gasteiger charge is -2.27. The molecule has 3 fully saturated rings. The molecule has 3 aliphatic rings. The van der Waals surface area contributed by atoms with E-state index < -0.39 is 5.79 Å². The molecular weight excluding hydrogens is 296 g/mol. The average Bonchev–Trinajstić information content (AvgIpc) is 3.24. The molecule has 1 aliphatic heterocycles. The normalized spacial score (nSPS) is 34.7. The highest BCUT2D eigenvalue weighted by atomic mass is 16.7. The van der Waals surface area contributed by atoms with Crippen LogP contribution in [0.4, 0.5) is 0 Å². The van der Waals surface area contributed by atoms with E-state index in [2.05, 4.69) is 0 Å². The van der Waals surface area contributed by atoms with Gasteiger partial charge in [0.25, 0.3) is 0 Å². The first-order valence-corrected chi connectivity index (χ1v) is 8.35. The first kappa shape index (κ1) is 15.1. The SMILES string of the molecule is O=C(O[C@H]1C[C@H]2CC3(CC2[C@@H]1CO)OCCO3)c1ccccc1. The molecule has 1 unspecified atom stereocenters. The van der Waals surface area contributed by atoms with E-state index in [-0.39, 0.29) is 24.6 Å². The van der Waals surface area contributed by atoms with E-state index in [0.717, 1.165) is 19.3 Å². The number of aliphatic hydroxyl groups is 1. The van der Waals surface area contributed by atoms with E-state index in [4.69, 9.17) is 14.2 Å². The number of benzene rings is 1. The highest BCUT2D eigenvalue weighted by molar-refractivity contribution is 5.89. The van der Waals surface area contributed by atoms with Gasteiger partial charge in [0.05, 0.1) is 18.8 Å². The zero-order valence-electron chi connectivity index (χ0n) is 13.0. The lowest BCUT2D eigenvalue weighted by atomic mass is 9.92. The number of hydrogen-bond acceptors (Lipinski definition) is 5. The number of esters is 1. The Labute approximate surface area is 135 Å². The van der Waals surface area contributed by atoms with Gasteiger partial charge in [-0.15, -0.1) is 0 Å². The van der Waals surface area contributed by atoms with Crippen LogP contribution in [0.15, 0.2) is 30.3 Å². The van der Waals surface area contributed by atoms with Gasteiger partial charge in [-0.1, -0.05) is 18.2 Å². The molecule has 5 nitrogen and oxygen atoms in total. The van der Waals surface area contributed by atoms with Crippen molar-refractivity contribution in [3.63, 3.8) is 0 Å². The van der Waals surface area contributed by atoms with E-state index in [1.165, 1.54) is 0 Å². The third-order valence-corrected chi connectivity index (χ3v) is 5.58. The topological polar surface area (TPSA) is 65.0 Å². The van der Waals surface area contributed by atoms with E-state index in [9.17, 15) is 9.90 Å². The predicted octanol–water partition coefficient (Wildman–Crippen LogP) is 1.99. The molecule has 0 aromatic heterocycles. The molecule has 1 saturated heterocycles. The Hall–Kier alpha value is -1.43. The van der Waals surface area contributed by atoms with Gasteiger partial charge in [-0.05, 0) is 30.4 Å². The summed E-state index contributed by atoms with van der Waals surface area (Å²) in [5.41, 5.74) is 0.556. The van der Waals surface area contributed by atoms with Crippen molar-refractivity contribution in [2.24, 2.45) is 17.8 Å². The Morgan fingerprint density at radius 3 is 2.65 bits per heavy atom. The van der Waals surface area contributed by atoms with Crippen molar-refractivity contribution in [1.82, 2.24) is 0 Å². The van der Waals surface area contributed by atoms with Crippen molar-refractivity contribution in [3.05, 3.63) is 35.9 Å². The number of fused-ring (bicyclic) bond motifs is 1. The molecule has 2 saturated carbocycles. The summed E-state index contributed by atoms with van der Waals surface area (Å²) in [6, 6.07) is 9.01. The molecule has 4 rings (SSSR count). The molecule has 1 N–H and O–H groups in total. The third-order valence-electron chi connectivity index (χ3n) is 5.58. The molecule has 1 spiro atoms. The smallest absolute Gasteiger partial charge is 0.338 e. The average molecular weight is 318 g/mol. The minimum Gasteiger partial charge on any atom is -0.458 e.